The minimum Gasteiger partial charge on any atom is -0.454 e. The lowest BCUT2D eigenvalue weighted by atomic mass is 9.89. The number of aromatic nitrogens is 2. The van der Waals surface area contributed by atoms with Crippen LogP contribution in [0, 0.1) is 5.92 Å². The largest absolute Gasteiger partial charge is 0.454 e. The highest BCUT2D eigenvalue weighted by Crippen LogP contribution is 2.45. The average Bonchev–Trinajstić information content (AvgIpc) is 3.49. The molecule has 0 spiro atoms. The minimum atomic E-state index is 0.0476. The van der Waals surface area contributed by atoms with Gasteiger partial charge >= 0.3 is 0 Å². The van der Waals surface area contributed by atoms with Crippen molar-refractivity contribution in [2.24, 2.45) is 5.92 Å². The highest BCUT2D eigenvalue weighted by Gasteiger charge is 2.33. The van der Waals surface area contributed by atoms with Crippen LogP contribution in [0.3, 0.4) is 0 Å². The Morgan fingerprint density at radius 2 is 1.88 bits per heavy atom. The van der Waals surface area contributed by atoms with E-state index in [0.717, 1.165) is 43.5 Å². The molecule has 4 aliphatic rings. The minimum absolute atomic E-state index is 0.0476. The van der Waals surface area contributed by atoms with E-state index < -0.39 is 0 Å². The SMILES string of the molecule is CC1CCc2c(sc3nc(C4CC4)nc(N4CCN(C(=O)c5ccc6c(c5)OCO6)CC4)c23)C1. The number of hydrogen-bond donors (Lipinski definition) is 0. The average molecular weight is 477 g/mol. The number of amides is 1. The summed E-state index contributed by atoms with van der Waals surface area (Å²) in [5.74, 6) is 4.79. The van der Waals surface area contributed by atoms with Gasteiger partial charge in [0.1, 0.15) is 16.5 Å². The van der Waals surface area contributed by atoms with Crippen LogP contribution in [0.25, 0.3) is 10.2 Å². The predicted molar refractivity (Wildman–Crippen MR) is 131 cm³/mol. The fourth-order valence-corrected chi connectivity index (χ4v) is 6.81. The molecule has 7 nitrogen and oxygen atoms in total. The molecule has 2 aromatic heterocycles. The third kappa shape index (κ3) is 3.42. The smallest absolute Gasteiger partial charge is 0.254 e. The number of piperazine rings is 1. The van der Waals surface area contributed by atoms with Gasteiger partial charge < -0.3 is 19.3 Å². The first-order valence-corrected chi connectivity index (χ1v) is 13.2. The van der Waals surface area contributed by atoms with E-state index >= 15 is 0 Å². The number of aryl methyl sites for hydroxylation is 1. The van der Waals surface area contributed by atoms with E-state index in [1.54, 1.807) is 6.07 Å². The fraction of sp³-hybridized carbons (Fsp3) is 0.500. The van der Waals surface area contributed by atoms with Crippen molar-refractivity contribution in [1.82, 2.24) is 14.9 Å². The van der Waals surface area contributed by atoms with Crippen LogP contribution in [0.4, 0.5) is 5.82 Å². The number of hydrogen-bond acceptors (Lipinski definition) is 7. The van der Waals surface area contributed by atoms with Gasteiger partial charge in [-0.25, -0.2) is 9.97 Å². The molecule has 2 aliphatic carbocycles. The first kappa shape index (κ1) is 20.5. The standard InChI is InChI=1S/C26H28N4O3S/c1-15-2-6-18-21(12-15)34-25-22(18)24(27-23(28-25)16-3-4-16)29-8-10-30(11-9-29)26(31)17-5-7-19-20(13-17)33-14-32-19/h5,7,13,15-16H,2-4,6,8-12,14H2,1H3. The van der Waals surface area contributed by atoms with E-state index in [9.17, 15) is 4.79 Å². The van der Waals surface area contributed by atoms with Crippen LogP contribution in [0.15, 0.2) is 18.2 Å². The zero-order valence-electron chi connectivity index (χ0n) is 19.4. The summed E-state index contributed by atoms with van der Waals surface area (Å²) in [6.07, 6.45) is 5.92. The molecule has 0 radical (unpaired) electrons. The molecule has 0 N–H and O–H groups in total. The van der Waals surface area contributed by atoms with Crippen LogP contribution < -0.4 is 14.4 Å². The maximum Gasteiger partial charge on any atom is 0.254 e. The molecule has 1 saturated heterocycles. The predicted octanol–water partition coefficient (Wildman–Crippen LogP) is 4.38. The lowest BCUT2D eigenvalue weighted by Gasteiger charge is -2.36. The maximum atomic E-state index is 13.2. The van der Waals surface area contributed by atoms with Gasteiger partial charge in [0.05, 0.1) is 5.39 Å². The summed E-state index contributed by atoms with van der Waals surface area (Å²) < 4.78 is 10.8. The van der Waals surface area contributed by atoms with E-state index in [-0.39, 0.29) is 12.7 Å². The monoisotopic (exact) mass is 476 g/mol. The molecule has 8 heteroatoms. The topological polar surface area (TPSA) is 67.8 Å². The molecule has 3 aromatic rings. The number of nitrogens with zero attached hydrogens (tertiary/aromatic N) is 4. The Bertz CT molecular complexity index is 1290. The summed E-state index contributed by atoms with van der Waals surface area (Å²) in [6, 6.07) is 5.45. The first-order valence-electron chi connectivity index (χ1n) is 12.4. The molecule has 34 heavy (non-hydrogen) atoms. The second-order valence-electron chi connectivity index (χ2n) is 10.1. The van der Waals surface area contributed by atoms with E-state index in [4.69, 9.17) is 19.4 Å². The zero-order chi connectivity index (χ0) is 22.8. The number of carbonyl (C=O) groups excluding carboxylic acids is 1. The Kier molecular flexibility index (Phi) is 4.72. The van der Waals surface area contributed by atoms with Gasteiger partial charge in [-0.2, -0.15) is 0 Å². The lowest BCUT2D eigenvalue weighted by Crippen LogP contribution is -2.49. The van der Waals surface area contributed by atoms with Gasteiger partial charge in [0, 0.05) is 42.5 Å². The molecular weight excluding hydrogens is 448 g/mol. The van der Waals surface area contributed by atoms with Crippen molar-refractivity contribution >= 4 is 33.3 Å². The quantitative estimate of drug-likeness (QED) is 0.559. The number of carbonyl (C=O) groups is 1. The van der Waals surface area contributed by atoms with Crippen molar-refractivity contribution in [3.63, 3.8) is 0 Å². The molecule has 2 aliphatic heterocycles. The van der Waals surface area contributed by atoms with E-state index in [1.165, 1.54) is 39.9 Å². The van der Waals surface area contributed by atoms with Crippen molar-refractivity contribution in [2.75, 3.05) is 37.9 Å². The fourth-order valence-electron chi connectivity index (χ4n) is 5.43. The van der Waals surface area contributed by atoms with Crippen molar-refractivity contribution in [3.8, 4) is 11.5 Å². The van der Waals surface area contributed by atoms with Crippen LogP contribution in [-0.4, -0.2) is 53.7 Å². The summed E-state index contributed by atoms with van der Waals surface area (Å²) in [7, 11) is 0. The Morgan fingerprint density at radius 3 is 2.71 bits per heavy atom. The molecule has 2 fully saturated rings. The van der Waals surface area contributed by atoms with Crippen LogP contribution >= 0.6 is 11.3 Å². The molecule has 4 heterocycles. The van der Waals surface area contributed by atoms with Gasteiger partial charge in [0.25, 0.3) is 5.91 Å². The first-order chi connectivity index (χ1) is 16.6. The van der Waals surface area contributed by atoms with Crippen molar-refractivity contribution in [2.45, 2.75) is 44.9 Å². The van der Waals surface area contributed by atoms with Gasteiger partial charge in [-0.3, -0.25) is 4.79 Å². The van der Waals surface area contributed by atoms with Gasteiger partial charge in [0.15, 0.2) is 11.5 Å². The number of thiophene rings is 1. The van der Waals surface area contributed by atoms with Crippen LogP contribution in [0.5, 0.6) is 11.5 Å². The summed E-state index contributed by atoms with van der Waals surface area (Å²) in [5, 5.41) is 1.28. The molecule has 0 bridgehead atoms. The molecule has 1 atom stereocenters. The van der Waals surface area contributed by atoms with Crippen LogP contribution in [0.1, 0.15) is 58.7 Å². The molecule has 1 aromatic carbocycles. The summed E-state index contributed by atoms with van der Waals surface area (Å²) in [4.78, 5) is 30.4. The van der Waals surface area contributed by atoms with E-state index in [0.29, 0.717) is 36.1 Å². The van der Waals surface area contributed by atoms with E-state index in [1.807, 2.05) is 28.4 Å². The van der Waals surface area contributed by atoms with E-state index in [2.05, 4.69) is 11.8 Å². The second-order valence-corrected chi connectivity index (χ2v) is 11.1. The zero-order valence-corrected chi connectivity index (χ0v) is 20.2. The molecule has 1 unspecified atom stereocenters. The van der Waals surface area contributed by atoms with Gasteiger partial charge in [0.2, 0.25) is 6.79 Å². The lowest BCUT2D eigenvalue weighted by molar-refractivity contribution is 0.0746. The van der Waals surface area contributed by atoms with Crippen LogP contribution in [-0.2, 0) is 12.8 Å². The second kappa shape index (κ2) is 7.83. The Balaban J connectivity index is 1.16. The van der Waals surface area contributed by atoms with Crippen molar-refractivity contribution in [1.29, 1.82) is 0 Å². The molecule has 1 saturated carbocycles. The Labute approximate surface area is 202 Å². The Hall–Kier alpha value is -2.87. The number of anilines is 1. The van der Waals surface area contributed by atoms with Crippen LogP contribution in [0.2, 0.25) is 0 Å². The molecule has 176 valence electrons. The summed E-state index contributed by atoms with van der Waals surface area (Å²) in [6.45, 7) is 5.50. The summed E-state index contributed by atoms with van der Waals surface area (Å²) >= 11 is 1.89. The molecule has 7 rings (SSSR count). The number of ether oxygens (including phenoxy) is 2. The molecular formula is C26H28N4O3S. The van der Waals surface area contributed by atoms with Crippen molar-refractivity contribution in [3.05, 3.63) is 40.0 Å². The van der Waals surface area contributed by atoms with Gasteiger partial charge in [-0.15, -0.1) is 11.3 Å². The van der Waals surface area contributed by atoms with Crippen molar-refractivity contribution < 1.29 is 14.3 Å². The maximum absolute atomic E-state index is 13.2. The van der Waals surface area contributed by atoms with Gasteiger partial charge in [-0.1, -0.05) is 6.92 Å². The molecule has 1 amide bonds. The Morgan fingerprint density at radius 1 is 1.06 bits per heavy atom. The third-order valence-electron chi connectivity index (χ3n) is 7.58. The number of fused-ring (bicyclic) bond motifs is 4. The highest BCUT2D eigenvalue weighted by molar-refractivity contribution is 7.19. The number of rotatable bonds is 3. The number of benzene rings is 1. The summed E-state index contributed by atoms with van der Waals surface area (Å²) in [5.41, 5.74) is 2.13. The highest BCUT2D eigenvalue weighted by atomic mass is 32.1. The normalized spacial score (nSPS) is 21.7. The third-order valence-corrected chi connectivity index (χ3v) is 8.73. The van der Waals surface area contributed by atoms with Gasteiger partial charge in [-0.05, 0) is 61.8 Å².